The molecule has 3 heteroatoms. The van der Waals surface area contributed by atoms with Crippen LogP contribution in [0.4, 0.5) is 0 Å². The van der Waals surface area contributed by atoms with Crippen LogP contribution in [0.25, 0.3) is 0 Å². The summed E-state index contributed by atoms with van der Waals surface area (Å²) in [6, 6.07) is 0.789. The molecule has 0 aromatic heterocycles. The molecule has 1 rings (SSSR count). The van der Waals surface area contributed by atoms with E-state index >= 15 is 0 Å². The molecule has 0 bridgehead atoms. The fourth-order valence-corrected chi connectivity index (χ4v) is 2.17. The molecule has 0 aliphatic heterocycles. The molecule has 0 atom stereocenters. The van der Waals surface area contributed by atoms with Gasteiger partial charge in [0.15, 0.2) is 0 Å². The van der Waals surface area contributed by atoms with Crippen LogP contribution in [0.5, 0.6) is 0 Å². The maximum atomic E-state index is 11.0. The fraction of sp³-hybridized carbons (Fsp3) is 0.933. The zero-order valence-electron chi connectivity index (χ0n) is 12.4. The summed E-state index contributed by atoms with van der Waals surface area (Å²) in [6.07, 6.45) is 5.68. The molecule has 3 nitrogen and oxygen atoms in total. The molecule has 0 amide bonds. The lowest BCUT2D eigenvalue weighted by Gasteiger charge is -2.25. The molecule has 0 unspecified atom stereocenters. The minimum Gasteiger partial charge on any atom is -0.481 e. The van der Waals surface area contributed by atoms with Gasteiger partial charge >= 0.3 is 5.97 Å². The SMILES string of the molecule is CC(C)CCN(CCCC(C)(C)C(=O)O)C1CC1. The number of carboxylic acids is 1. The number of aliphatic carboxylic acids is 1. The Morgan fingerprint density at radius 1 is 1.33 bits per heavy atom. The summed E-state index contributed by atoms with van der Waals surface area (Å²) >= 11 is 0. The Bertz CT molecular complexity index is 270. The molecule has 0 heterocycles. The van der Waals surface area contributed by atoms with Gasteiger partial charge in [-0.3, -0.25) is 4.79 Å². The van der Waals surface area contributed by atoms with Crippen molar-refractivity contribution in [2.24, 2.45) is 11.3 Å². The first-order chi connectivity index (χ1) is 8.33. The van der Waals surface area contributed by atoms with Gasteiger partial charge in [-0.05, 0) is 65.0 Å². The standard InChI is InChI=1S/C15H29NO2/c1-12(2)8-11-16(13-6-7-13)10-5-9-15(3,4)14(17)18/h12-13H,5-11H2,1-4H3,(H,17,18). The lowest BCUT2D eigenvalue weighted by atomic mass is 9.88. The van der Waals surface area contributed by atoms with Gasteiger partial charge in [-0.2, -0.15) is 0 Å². The van der Waals surface area contributed by atoms with Crippen LogP contribution in [0.1, 0.15) is 59.8 Å². The topological polar surface area (TPSA) is 40.5 Å². The molecule has 18 heavy (non-hydrogen) atoms. The van der Waals surface area contributed by atoms with Crippen molar-refractivity contribution in [2.45, 2.75) is 65.8 Å². The number of nitrogens with zero attached hydrogens (tertiary/aromatic N) is 1. The third-order valence-electron chi connectivity index (χ3n) is 3.88. The van der Waals surface area contributed by atoms with Gasteiger partial charge in [0.1, 0.15) is 0 Å². The Morgan fingerprint density at radius 3 is 2.39 bits per heavy atom. The quantitative estimate of drug-likeness (QED) is 0.686. The highest BCUT2D eigenvalue weighted by Gasteiger charge is 2.30. The van der Waals surface area contributed by atoms with E-state index in [1.807, 2.05) is 13.8 Å². The van der Waals surface area contributed by atoms with Gasteiger partial charge < -0.3 is 10.0 Å². The molecule has 1 saturated carbocycles. The molecular weight excluding hydrogens is 226 g/mol. The van der Waals surface area contributed by atoms with Crippen LogP contribution in [-0.2, 0) is 4.79 Å². The molecule has 1 N–H and O–H groups in total. The van der Waals surface area contributed by atoms with Crippen LogP contribution < -0.4 is 0 Å². The first-order valence-corrected chi connectivity index (χ1v) is 7.30. The zero-order valence-corrected chi connectivity index (χ0v) is 12.4. The Balaban J connectivity index is 2.27. The third-order valence-corrected chi connectivity index (χ3v) is 3.88. The van der Waals surface area contributed by atoms with Crippen molar-refractivity contribution >= 4 is 5.97 Å². The van der Waals surface area contributed by atoms with Gasteiger partial charge in [0.25, 0.3) is 0 Å². The Kier molecular flexibility index (Phi) is 5.64. The monoisotopic (exact) mass is 255 g/mol. The van der Waals surface area contributed by atoms with Gasteiger partial charge in [-0.25, -0.2) is 0 Å². The first-order valence-electron chi connectivity index (χ1n) is 7.30. The fourth-order valence-electron chi connectivity index (χ4n) is 2.17. The first kappa shape index (κ1) is 15.5. The largest absolute Gasteiger partial charge is 0.481 e. The number of carbonyl (C=O) groups is 1. The van der Waals surface area contributed by atoms with E-state index in [9.17, 15) is 4.79 Å². The van der Waals surface area contributed by atoms with E-state index in [0.717, 1.165) is 31.3 Å². The van der Waals surface area contributed by atoms with E-state index in [1.165, 1.54) is 25.8 Å². The number of rotatable bonds is 9. The van der Waals surface area contributed by atoms with Gasteiger partial charge in [-0.15, -0.1) is 0 Å². The zero-order chi connectivity index (χ0) is 13.8. The summed E-state index contributed by atoms with van der Waals surface area (Å²) in [5.41, 5.74) is -0.576. The lowest BCUT2D eigenvalue weighted by molar-refractivity contribution is -0.147. The summed E-state index contributed by atoms with van der Waals surface area (Å²) in [4.78, 5) is 13.6. The van der Waals surface area contributed by atoms with Crippen molar-refractivity contribution in [3.63, 3.8) is 0 Å². The smallest absolute Gasteiger partial charge is 0.309 e. The Morgan fingerprint density at radius 2 is 1.94 bits per heavy atom. The van der Waals surface area contributed by atoms with Crippen molar-refractivity contribution in [3.05, 3.63) is 0 Å². The Hall–Kier alpha value is -0.570. The molecule has 0 spiro atoms. The predicted octanol–water partition coefficient (Wildman–Crippen LogP) is 3.39. The number of hydrogen-bond donors (Lipinski definition) is 1. The van der Waals surface area contributed by atoms with Crippen LogP contribution in [-0.4, -0.2) is 35.1 Å². The van der Waals surface area contributed by atoms with Crippen molar-refractivity contribution in [2.75, 3.05) is 13.1 Å². The molecular formula is C15H29NO2. The third kappa shape index (κ3) is 5.38. The summed E-state index contributed by atoms with van der Waals surface area (Å²) in [7, 11) is 0. The highest BCUT2D eigenvalue weighted by atomic mass is 16.4. The molecule has 1 fully saturated rings. The van der Waals surface area contributed by atoms with E-state index in [2.05, 4.69) is 18.7 Å². The van der Waals surface area contributed by atoms with Gasteiger partial charge in [0, 0.05) is 6.04 Å². The van der Waals surface area contributed by atoms with E-state index in [-0.39, 0.29) is 0 Å². The minimum absolute atomic E-state index is 0.576. The summed E-state index contributed by atoms with van der Waals surface area (Å²) < 4.78 is 0. The van der Waals surface area contributed by atoms with E-state index in [4.69, 9.17) is 5.11 Å². The maximum absolute atomic E-state index is 11.0. The molecule has 1 aliphatic carbocycles. The van der Waals surface area contributed by atoms with Crippen molar-refractivity contribution in [3.8, 4) is 0 Å². The molecule has 0 aromatic carbocycles. The highest BCUT2D eigenvalue weighted by Crippen LogP contribution is 2.29. The van der Waals surface area contributed by atoms with E-state index in [1.54, 1.807) is 0 Å². The average Bonchev–Trinajstić information content (AvgIpc) is 3.06. The molecule has 0 aromatic rings. The second-order valence-corrected chi connectivity index (χ2v) is 6.74. The summed E-state index contributed by atoms with van der Waals surface area (Å²) in [6.45, 7) is 10.4. The second kappa shape index (κ2) is 6.55. The average molecular weight is 255 g/mol. The normalized spacial score (nSPS) is 16.6. The van der Waals surface area contributed by atoms with Crippen LogP contribution in [0, 0.1) is 11.3 Å². The van der Waals surface area contributed by atoms with Gasteiger partial charge in [-0.1, -0.05) is 13.8 Å². The molecule has 0 saturated heterocycles. The number of carboxylic acid groups (broad SMARTS) is 1. The lowest BCUT2D eigenvalue weighted by Crippen LogP contribution is -2.31. The van der Waals surface area contributed by atoms with Crippen LogP contribution >= 0.6 is 0 Å². The molecule has 106 valence electrons. The maximum Gasteiger partial charge on any atom is 0.309 e. The summed E-state index contributed by atoms with van der Waals surface area (Å²) in [5, 5.41) is 9.09. The van der Waals surface area contributed by atoms with Crippen LogP contribution in [0.3, 0.4) is 0 Å². The van der Waals surface area contributed by atoms with Crippen LogP contribution in [0.2, 0.25) is 0 Å². The van der Waals surface area contributed by atoms with Crippen molar-refractivity contribution < 1.29 is 9.90 Å². The summed E-state index contributed by atoms with van der Waals surface area (Å²) in [5.74, 6) is 0.0735. The minimum atomic E-state index is -0.678. The number of hydrogen-bond acceptors (Lipinski definition) is 2. The molecule has 1 aliphatic rings. The van der Waals surface area contributed by atoms with Crippen LogP contribution in [0.15, 0.2) is 0 Å². The van der Waals surface area contributed by atoms with Crippen molar-refractivity contribution in [1.29, 1.82) is 0 Å². The van der Waals surface area contributed by atoms with Gasteiger partial charge in [0.05, 0.1) is 5.41 Å². The van der Waals surface area contributed by atoms with Gasteiger partial charge in [0.2, 0.25) is 0 Å². The van der Waals surface area contributed by atoms with Crippen molar-refractivity contribution in [1.82, 2.24) is 4.90 Å². The second-order valence-electron chi connectivity index (χ2n) is 6.74. The molecule has 0 radical (unpaired) electrons. The Labute approximate surface area is 112 Å². The van der Waals surface area contributed by atoms with E-state index < -0.39 is 11.4 Å². The highest BCUT2D eigenvalue weighted by molar-refractivity contribution is 5.73. The van der Waals surface area contributed by atoms with E-state index in [0.29, 0.717) is 0 Å². The predicted molar refractivity (Wildman–Crippen MR) is 74.7 cm³/mol.